The van der Waals surface area contributed by atoms with Crippen LogP contribution in [0.5, 0.6) is 0 Å². The van der Waals surface area contributed by atoms with E-state index in [2.05, 4.69) is 48.6 Å². The van der Waals surface area contributed by atoms with Crippen LogP contribution in [-0.2, 0) is 12.8 Å². The number of benzene rings is 1. The van der Waals surface area contributed by atoms with Gasteiger partial charge in [0.15, 0.2) is 0 Å². The highest BCUT2D eigenvalue weighted by Gasteiger charge is 2.25. The molecule has 1 aromatic heterocycles. The molecule has 1 heterocycles. The number of rotatable bonds is 5. The highest BCUT2D eigenvalue weighted by molar-refractivity contribution is 7.16. The Bertz CT molecular complexity index is 564. The largest absolute Gasteiger partial charge is 0.307 e. The molecule has 1 aromatic carbocycles. The van der Waals surface area contributed by atoms with Gasteiger partial charge in [-0.15, -0.1) is 11.3 Å². The predicted octanol–water partition coefficient (Wildman–Crippen LogP) is 5.00. The lowest BCUT2D eigenvalue weighted by Gasteiger charge is -2.19. The van der Waals surface area contributed by atoms with Crippen molar-refractivity contribution in [2.24, 2.45) is 0 Å². The SMILES string of the molecule is CC(CCc1ccccc1)NC1CCc2sc(Cl)cc21. The summed E-state index contributed by atoms with van der Waals surface area (Å²) in [5.41, 5.74) is 2.86. The van der Waals surface area contributed by atoms with E-state index in [1.165, 1.54) is 35.3 Å². The van der Waals surface area contributed by atoms with Gasteiger partial charge in [0.2, 0.25) is 0 Å². The molecule has 0 amide bonds. The molecule has 0 bridgehead atoms. The second-order valence-electron chi connectivity index (χ2n) is 5.61. The molecule has 2 aromatic rings. The zero-order chi connectivity index (χ0) is 13.9. The van der Waals surface area contributed by atoms with Crippen LogP contribution in [-0.4, -0.2) is 6.04 Å². The van der Waals surface area contributed by atoms with Gasteiger partial charge in [-0.25, -0.2) is 0 Å². The third-order valence-corrected chi connectivity index (χ3v) is 5.38. The summed E-state index contributed by atoms with van der Waals surface area (Å²) in [5.74, 6) is 0. The van der Waals surface area contributed by atoms with Crippen LogP contribution >= 0.6 is 22.9 Å². The molecule has 106 valence electrons. The van der Waals surface area contributed by atoms with E-state index >= 15 is 0 Å². The molecule has 0 fully saturated rings. The van der Waals surface area contributed by atoms with Crippen molar-refractivity contribution in [1.29, 1.82) is 0 Å². The molecule has 20 heavy (non-hydrogen) atoms. The zero-order valence-electron chi connectivity index (χ0n) is 11.7. The van der Waals surface area contributed by atoms with Gasteiger partial charge >= 0.3 is 0 Å². The van der Waals surface area contributed by atoms with Crippen LogP contribution in [0.4, 0.5) is 0 Å². The Morgan fingerprint density at radius 3 is 2.95 bits per heavy atom. The van der Waals surface area contributed by atoms with Crippen molar-refractivity contribution in [3.63, 3.8) is 0 Å². The standard InChI is InChI=1S/C17H20ClNS/c1-12(7-8-13-5-3-2-4-6-13)19-15-9-10-16-14(15)11-17(18)20-16/h2-6,11-12,15,19H,7-10H2,1H3. The zero-order valence-corrected chi connectivity index (χ0v) is 13.3. The minimum atomic E-state index is 0.500. The molecule has 0 radical (unpaired) electrons. The van der Waals surface area contributed by atoms with E-state index in [4.69, 9.17) is 11.6 Å². The maximum atomic E-state index is 6.11. The van der Waals surface area contributed by atoms with Crippen molar-refractivity contribution in [3.05, 3.63) is 56.7 Å². The number of fused-ring (bicyclic) bond motifs is 1. The number of aryl methyl sites for hydroxylation is 2. The normalized spacial score (nSPS) is 19.0. The van der Waals surface area contributed by atoms with Crippen LogP contribution in [0.1, 0.15) is 41.8 Å². The summed E-state index contributed by atoms with van der Waals surface area (Å²) in [6.07, 6.45) is 4.70. The Morgan fingerprint density at radius 1 is 1.35 bits per heavy atom. The monoisotopic (exact) mass is 305 g/mol. The van der Waals surface area contributed by atoms with Gasteiger partial charge in [-0.1, -0.05) is 41.9 Å². The molecular weight excluding hydrogens is 286 g/mol. The highest BCUT2D eigenvalue weighted by atomic mass is 35.5. The Kier molecular flexibility index (Phi) is 4.45. The van der Waals surface area contributed by atoms with E-state index in [9.17, 15) is 0 Å². The van der Waals surface area contributed by atoms with Gasteiger partial charge in [-0.3, -0.25) is 0 Å². The summed E-state index contributed by atoms with van der Waals surface area (Å²) < 4.78 is 0.929. The van der Waals surface area contributed by atoms with Crippen molar-refractivity contribution in [2.45, 2.75) is 44.7 Å². The third-order valence-electron chi connectivity index (χ3n) is 4.04. The Balaban J connectivity index is 1.53. The third kappa shape index (κ3) is 3.25. The van der Waals surface area contributed by atoms with Crippen LogP contribution in [0.25, 0.3) is 0 Å². The van der Waals surface area contributed by atoms with E-state index in [1.807, 2.05) is 0 Å². The quantitative estimate of drug-likeness (QED) is 0.819. The minimum Gasteiger partial charge on any atom is -0.307 e. The van der Waals surface area contributed by atoms with Crippen molar-refractivity contribution in [1.82, 2.24) is 5.32 Å². The second-order valence-corrected chi connectivity index (χ2v) is 7.38. The average molecular weight is 306 g/mol. The number of hydrogen-bond acceptors (Lipinski definition) is 2. The Hall–Kier alpha value is -0.830. The molecule has 1 aliphatic carbocycles. The van der Waals surface area contributed by atoms with Gasteiger partial charge in [0.1, 0.15) is 0 Å². The fraction of sp³-hybridized carbons (Fsp3) is 0.412. The van der Waals surface area contributed by atoms with E-state index in [0.717, 1.165) is 10.8 Å². The Labute approximate surface area is 130 Å². The summed E-state index contributed by atoms with van der Waals surface area (Å²) in [7, 11) is 0. The van der Waals surface area contributed by atoms with Crippen LogP contribution in [0, 0.1) is 0 Å². The van der Waals surface area contributed by atoms with Crippen LogP contribution < -0.4 is 5.32 Å². The predicted molar refractivity (Wildman–Crippen MR) is 87.8 cm³/mol. The molecular formula is C17H20ClNS. The summed E-state index contributed by atoms with van der Waals surface area (Å²) in [5, 5.41) is 3.77. The van der Waals surface area contributed by atoms with Crippen LogP contribution in [0.15, 0.2) is 36.4 Å². The lowest BCUT2D eigenvalue weighted by Crippen LogP contribution is -2.29. The molecule has 0 aliphatic heterocycles. The number of thiophene rings is 1. The molecule has 0 spiro atoms. The number of nitrogens with one attached hydrogen (secondary N) is 1. The van der Waals surface area contributed by atoms with Crippen molar-refractivity contribution in [2.75, 3.05) is 0 Å². The van der Waals surface area contributed by atoms with Crippen molar-refractivity contribution < 1.29 is 0 Å². The summed E-state index contributed by atoms with van der Waals surface area (Å²) in [6, 6.07) is 13.9. The van der Waals surface area contributed by atoms with Crippen molar-refractivity contribution in [3.8, 4) is 0 Å². The molecule has 1 nitrogen and oxygen atoms in total. The van der Waals surface area contributed by atoms with E-state index < -0.39 is 0 Å². The molecule has 1 aliphatic rings. The topological polar surface area (TPSA) is 12.0 Å². The first-order chi connectivity index (χ1) is 9.72. The van der Waals surface area contributed by atoms with Gasteiger partial charge < -0.3 is 5.32 Å². The first kappa shape index (κ1) is 14.1. The Morgan fingerprint density at radius 2 is 2.15 bits per heavy atom. The van der Waals surface area contributed by atoms with Gasteiger partial charge in [0.05, 0.1) is 4.34 Å². The minimum absolute atomic E-state index is 0.500. The van der Waals surface area contributed by atoms with Gasteiger partial charge in [-0.05, 0) is 49.8 Å². The fourth-order valence-corrected chi connectivity index (χ4v) is 4.31. The average Bonchev–Trinajstić information content (AvgIpc) is 2.98. The first-order valence-electron chi connectivity index (χ1n) is 7.30. The molecule has 2 atom stereocenters. The molecule has 1 N–H and O–H groups in total. The summed E-state index contributed by atoms with van der Waals surface area (Å²) >= 11 is 7.86. The summed E-state index contributed by atoms with van der Waals surface area (Å²) in [4.78, 5) is 1.47. The molecule has 3 heteroatoms. The lowest BCUT2D eigenvalue weighted by atomic mass is 10.0. The highest BCUT2D eigenvalue weighted by Crippen LogP contribution is 2.39. The lowest BCUT2D eigenvalue weighted by molar-refractivity contribution is 0.434. The molecule has 0 saturated heterocycles. The second kappa shape index (κ2) is 6.30. The molecule has 2 unspecified atom stereocenters. The van der Waals surface area contributed by atoms with E-state index in [1.54, 1.807) is 11.3 Å². The van der Waals surface area contributed by atoms with E-state index in [-0.39, 0.29) is 0 Å². The smallest absolute Gasteiger partial charge is 0.0934 e. The first-order valence-corrected chi connectivity index (χ1v) is 8.50. The van der Waals surface area contributed by atoms with Crippen LogP contribution in [0.3, 0.4) is 0 Å². The van der Waals surface area contributed by atoms with Crippen molar-refractivity contribution >= 4 is 22.9 Å². The summed E-state index contributed by atoms with van der Waals surface area (Å²) in [6.45, 7) is 2.29. The fourth-order valence-electron chi connectivity index (χ4n) is 2.96. The molecule has 3 rings (SSSR count). The number of halogens is 1. The maximum Gasteiger partial charge on any atom is 0.0934 e. The van der Waals surface area contributed by atoms with Crippen LogP contribution in [0.2, 0.25) is 4.34 Å². The maximum absolute atomic E-state index is 6.11. The van der Waals surface area contributed by atoms with Gasteiger partial charge in [-0.2, -0.15) is 0 Å². The van der Waals surface area contributed by atoms with E-state index in [0.29, 0.717) is 12.1 Å². The molecule has 0 saturated carbocycles. The van der Waals surface area contributed by atoms with Gasteiger partial charge in [0, 0.05) is 17.0 Å². The number of hydrogen-bond donors (Lipinski definition) is 1. The van der Waals surface area contributed by atoms with Gasteiger partial charge in [0.25, 0.3) is 0 Å².